The molecule has 0 saturated heterocycles. The maximum atomic E-state index is 12.8. The first-order valence-electron chi connectivity index (χ1n) is 11.6. The lowest BCUT2D eigenvalue weighted by atomic mass is 9.48. The van der Waals surface area contributed by atoms with E-state index in [0.717, 1.165) is 24.8 Å². The predicted molar refractivity (Wildman–Crippen MR) is 112 cm³/mol. The molecule has 4 aliphatic carbocycles. The highest BCUT2D eigenvalue weighted by Gasteiger charge is 2.64. The van der Waals surface area contributed by atoms with Crippen molar-refractivity contribution in [1.82, 2.24) is 0 Å². The molecular weight excluding hydrogens is 396 g/mol. The molecule has 0 bridgehead atoms. The maximum Gasteiger partial charge on any atom is 0.241 e. The van der Waals surface area contributed by atoms with Gasteiger partial charge < -0.3 is 19.7 Å². The van der Waals surface area contributed by atoms with E-state index in [1.807, 2.05) is 13.0 Å². The minimum atomic E-state index is -0.660. The van der Waals surface area contributed by atoms with Crippen LogP contribution in [-0.4, -0.2) is 40.8 Å². The second kappa shape index (κ2) is 7.04. The second-order valence-electron chi connectivity index (χ2n) is 10.4. The molecule has 0 aromatic heterocycles. The van der Waals surface area contributed by atoms with E-state index in [1.54, 1.807) is 6.08 Å². The lowest BCUT2D eigenvalue weighted by Gasteiger charge is -2.57. The molecule has 0 radical (unpaired) electrons. The van der Waals surface area contributed by atoms with E-state index >= 15 is 0 Å². The Balaban J connectivity index is 1.56. The molecule has 8 atom stereocenters. The second-order valence-corrected chi connectivity index (χ2v) is 10.4. The Hall–Kier alpha value is -1.92. The van der Waals surface area contributed by atoms with Gasteiger partial charge in [0.05, 0.1) is 11.5 Å². The third-order valence-corrected chi connectivity index (χ3v) is 8.87. The number of aliphatic hydroxyl groups excluding tert-OH is 2. The number of Topliss-reactive ketones (excluding diaryl/α,β-unsaturated/α-hetero) is 1. The molecule has 2 saturated carbocycles. The highest BCUT2D eigenvalue weighted by molar-refractivity contribution is 6.05. The summed E-state index contributed by atoms with van der Waals surface area (Å²) in [5, 5.41) is 21.0. The minimum Gasteiger partial charge on any atom is -0.454 e. The van der Waals surface area contributed by atoms with E-state index in [0.29, 0.717) is 24.4 Å². The maximum absolute atomic E-state index is 12.8. The van der Waals surface area contributed by atoms with Crippen LogP contribution in [0.25, 0.3) is 0 Å². The SMILES string of the molecule is CCCC1OC2=C(O1)[C@@]1(C)C(=CC2=O)C=C[C@@H]2[C@@H]1[C@@H](O)C[C@]1(C)[C@H](C(=O)CO)CC[C@@H]21. The first-order chi connectivity index (χ1) is 14.8. The summed E-state index contributed by atoms with van der Waals surface area (Å²) in [4.78, 5) is 25.2. The molecule has 0 aromatic rings. The molecule has 31 heavy (non-hydrogen) atoms. The summed E-state index contributed by atoms with van der Waals surface area (Å²) in [6.45, 7) is 5.77. The number of fused-ring (bicyclic) bond motifs is 6. The molecule has 0 amide bonds. The van der Waals surface area contributed by atoms with Crippen molar-refractivity contribution in [2.75, 3.05) is 6.61 Å². The van der Waals surface area contributed by atoms with Crippen LogP contribution in [0.3, 0.4) is 0 Å². The average molecular weight is 429 g/mol. The van der Waals surface area contributed by atoms with E-state index in [-0.39, 0.29) is 40.7 Å². The Morgan fingerprint density at radius 2 is 2.03 bits per heavy atom. The van der Waals surface area contributed by atoms with E-state index in [9.17, 15) is 19.8 Å². The van der Waals surface area contributed by atoms with Crippen molar-refractivity contribution in [3.05, 3.63) is 35.3 Å². The third kappa shape index (κ3) is 2.70. The molecule has 168 valence electrons. The number of ether oxygens (including phenoxy) is 2. The standard InChI is InChI=1S/C25H32O6/c1-4-5-20-30-22-17(27)10-13-6-7-14-15-8-9-16(19(29)12-26)24(15,2)11-18(28)21(14)25(13,3)23(22)31-20/h6-7,10,14-16,18,20-21,26,28H,4-5,8-9,11-12H2,1-3H3/t14-,15-,16-,18-,20?,21+,24-,25-/m0/s1. The summed E-state index contributed by atoms with van der Waals surface area (Å²) in [7, 11) is 0. The average Bonchev–Trinajstić information content (AvgIpc) is 3.30. The summed E-state index contributed by atoms with van der Waals surface area (Å²) in [6, 6.07) is 0. The van der Waals surface area contributed by atoms with Gasteiger partial charge >= 0.3 is 0 Å². The van der Waals surface area contributed by atoms with Gasteiger partial charge in [-0.3, -0.25) is 9.59 Å². The van der Waals surface area contributed by atoms with Crippen LogP contribution in [0, 0.1) is 34.5 Å². The van der Waals surface area contributed by atoms with E-state index in [1.165, 1.54) is 0 Å². The fourth-order valence-corrected chi connectivity index (χ4v) is 7.48. The summed E-state index contributed by atoms with van der Waals surface area (Å²) < 4.78 is 12.1. The van der Waals surface area contributed by atoms with Gasteiger partial charge in [-0.25, -0.2) is 0 Å². The molecule has 2 fully saturated rings. The lowest BCUT2D eigenvalue weighted by Crippen LogP contribution is -2.56. The molecule has 0 aromatic carbocycles. The lowest BCUT2D eigenvalue weighted by molar-refractivity contribution is -0.138. The molecule has 5 rings (SSSR count). The Morgan fingerprint density at radius 1 is 1.26 bits per heavy atom. The van der Waals surface area contributed by atoms with Crippen LogP contribution in [0.15, 0.2) is 35.3 Å². The fraction of sp³-hybridized carbons (Fsp3) is 0.680. The van der Waals surface area contributed by atoms with Crippen LogP contribution in [0.4, 0.5) is 0 Å². The van der Waals surface area contributed by atoms with Gasteiger partial charge in [-0.05, 0) is 61.5 Å². The first-order valence-corrected chi connectivity index (χ1v) is 11.6. The molecule has 1 unspecified atom stereocenters. The van der Waals surface area contributed by atoms with Crippen LogP contribution in [0.1, 0.15) is 52.9 Å². The number of ketones is 2. The van der Waals surface area contributed by atoms with Crippen LogP contribution in [-0.2, 0) is 19.1 Å². The largest absolute Gasteiger partial charge is 0.454 e. The summed E-state index contributed by atoms with van der Waals surface area (Å²) in [5.41, 5.74) is -0.130. The zero-order chi connectivity index (χ0) is 22.1. The van der Waals surface area contributed by atoms with Gasteiger partial charge in [-0.2, -0.15) is 0 Å². The summed E-state index contributed by atoms with van der Waals surface area (Å²) in [6.07, 6.45) is 8.37. The Kier molecular flexibility index (Phi) is 4.76. The van der Waals surface area contributed by atoms with E-state index < -0.39 is 24.4 Å². The van der Waals surface area contributed by atoms with Crippen molar-refractivity contribution in [1.29, 1.82) is 0 Å². The Morgan fingerprint density at radius 3 is 2.74 bits per heavy atom. The number of carbonyl (C=O) groups excluding carboxylic acids is 2. The number of allylic oxidation sites excluding steroid dienone is 4. The van der Waals surface area contributed by atoms with E-state index in [2.05, 4.69) is 19.9 Å². The minimum absolute atomic E-state index is 0.0585. The Bertz CT molecular complexity index is 915. The number of hydrogen-bond donors (Lipinski definition) is 2. The molecule has 6 nitrogen and oxygen atoms in total. The van der Waals surface area contributed by atoms with Crippen LogP contribution in [0.2, 0.25) is 0 Å². The van der Waals surface area contributed by atoms with Crippen molar-refractivity contribution in [3.63, 3.8) is 0 Å². The monoisotopic (exact) mass is 428 g/mol. The van der Waals surface area contributed by atoms with E-state index in [4.69, 9.17) is 9.47 Å². The smallest absolute Gasteiger partial charge is 0.241 e. The van der Waals surface area contributed by atoms with Crippen LogP contribution < -0.4 is 0 Å². The molecule has 1 aliphatic heterocycles. The van der Waals surface area contributed by atoms with Gasteiger partial charge in [0.15, 0.2) is 11.5 Å². The topological polar surface area (TPSA) is 93.1 Å². The zero-order valence-corrected chi connectivity index (χ0v) is 18.5. The van der Waals surface area contributed by atoms with Gasteiger partial charge in [-0.1, -0.05) is 26.0 Å². The van der Waals surface area contributed by atoms with Crippen molar-refractivity contribution < 1.29 is 29.3 Å². The molecule has 1 heterocycles. The number of rotatable bonds is 4. The molecule has 0 spiro atoms. The highest BCUT2D eigenvalue weighted by atomic mass is 16.7. The van der Waals surface area contributed by atoms with Gasteiger partial charge in [0, 0.05) is 18.3 Å². The third-order valence-electron chi connectivity index (χ3n) is 8.87. The molecule has 2 N–H and O–H groups in total. The molecular formula is C25H32O6. The normalized spacial score (nSPS) is 45.2. The van der Waals surface area contributed by atoms with Crippen molar-refractivity contribution >= 4 is 11.6 Å². The van der Waals surface area contributed by atoms with Crippen molar-refractivity contribution in [3.8, 4) is 0 Å². The van der Waals surface area contributed by atoms with Gasteiger partial charge in [0.1, 0.15) is 6.61 Å². The quantitative estimate of drug-likeness (QED) is 0.715. The van der Waals surface area contributed by atoms with Gasteiger partial charge in [0.2, 0.25) is 17.8 Å². The predicted octanol–water partition coefficient (Wildman–Crippen LogP) is 3.05. The highest BCUT2D eigenvalue weighted by Crippen LogP contribution is 2.66. The van der Waals surface area contributed by atoms with Crippen LogP contribution >= 0.6 is 0 Å². The molecule has 5 aliphatic rings. The summed E-state index contributed by atoms with van der Waals surface area (Å²) in [5.74, 6) is 0.468. The van der Waals surface area contributed by atoms with Gasteiger partial charge in [-0.15, -0.1) is 0 Å². The van der Waals surface area contributed by atoms with Gasteiger partial charge in [0.25, 0.3) is 0 Å². The molecule has 6 heteroatoms. The number of aliphatic hydroxyl groups is 2. The number of carbonyl (C=O) groups is 2. The van der Waals surface area contributed by atoms with Crippen LogP contribution in [0.5, 0.6) is 0 Å². The fourth-order valence-electron chi connectivity index (χ4n) is 7.48. The first kappa shape index (κ1) is 21.0. The zero-order valence-electron chi connectivity index (χ0n) is 18.5. The van der Waals surface area contributed by atoms with Crippen molar-refractivity contribution in [2.45, 2.75) is 65.3 Å². The Labute approximate surface area is 183 Å². The van der Waals surface area contributed by atoms with Crippen molar-refractivity contribution in [2.24, 2.45) is 34.5 Å². The summed E-state index contributed by atoms with van der Waals surface area (Å²) >= 11 is 0. The number of hydrogen-bond acceptors (Lipinski definition) is 6.